The van der Waals surface area contributed by atoms with Gasteiger partial charge in [0.05, 0.1) is 0 Å². The minimum atomic E-state index is 0. The summed E-state index contributed by atoms with van der Waals surface area (Å²) in [6.45, 7) is 6.66. The maximum atomic E-state index is 2.41. The average Bonchev–Trinajstić information content (AvgIpc) is 3.66. The molecule has 38 heavy (non-hydrogen) atoms. The van der Waals surface area contributed by atoms with Crippen LogP contribution in [0.1, 0.15) is 16.7 Å². The van der Waals surface area contributed by atoms with Crippen molar-refractivity contribution >= 4 is 27.0 Å². The van der Waals surface area contributed by atoms with Gasteiger partial charge in [0.15, 0.2) is 0 Å². The number of hydrogen-bond donors (Lipinski definition) is 0. The molecule has 0 aromatic heterocycles. The van der Waals surface area contributed by atoms with Crippen LogP contribution in [0.25, 0.3) is 21.5 Å². The molecule has 0 bridgehead atoms. The third kappa shape index (κ3) is 13.6. The normalized spacial score (nSPS) is 9.18. The fourth-order valence-corrected chi connectivity index (χ4v) is 5.43. The molecule has 0 heterocycles. The zero-order valence-electron chi connectivity index (χ0n) is 22.1. The van der Waals surface area contributed by atoms with Crippen LogP contribution in [-0.2, 0) is 46.8 Å². The fourth-order valence-electron chi connectivity index (χ4n) is 3.85. The molecule has 0 radical (unpaired) electrons. The topological polar surface area (TPSA) is 0 Å². The second-order valence-electron chi connectivity index (χ2n) is 8.86. The summed E-state index contributed by atoms with van der Waals surface area (Å²) in [5.41, 5.74) is 4.30. The smallest absolute Gasteiger partial charge is 1.00 e. The Balaban J connectivity index is 0.000000479. The number of rotatable bonds is 3. The average molecular weight is 677 g/mol. The fraction of sp³-hybridized carbons (Fsp3) is 0.152. The number of benzene rings is 2. The molecule has 0 saturated heterocycles. The largest absolute Gasteiger partial charge is 2.00 e. The Morgan fingerprint density at radius 1 is 0.684 bits per heavy atom. The first-order chi connectivity index (χ1) is 17.0. The SMILES string of the molecule is C[Si](=[Zr+2])CCc1ccc[cH-]1.Cc1cc2ccccc2[cH-]1.Cc1cc2ccccc2[cH-]1.[Cl-].[Cl-].[Fe+2].c1cc[cH-]c1. The maximum absolute atomic E-state index is 2.41. The van der Waals surface area contributed by atoms with Gasteiger partial charge in [-0.05, 0) is 0 Å². The first-order valence-electron chi connectivity index (χ1n) is 12.2. The van der Waals surface area contributed by atoms with Crippen LogP contribution in [0.15, 0.2) is 127 Å². The molecule has 5 heteroatoms. The van der Waals surface area contributed by atoms with Gasteiger partial charge in [-0.3, -0.25) is 0 Å². The van der Waals surface area contributed by atoms with Gasteiger partial charge in [0.25, 0.3) is 0 Å². The second-order valence-corrected chi connectivity index (χ2v) is 17.2. The van der Waals surface area contributed by atoms with E-state index in [2.05, 4.69) is 117 Å². The van der Waals surface area contributed by atoms with Crippen molar-refractivity contribution in [2.75, 3.05) is 0 Å². The molecule has 0 aliphatic rings. The van der Waals surface area contributed by atoms with Crippen molar-refractivity contribution < 1.29 is 65.2 Å². The molecule has 0 aliphatic heterocycles. The number of fused-ring (bicyclic) bond motifs is 2. The van der Waals surface area contributed by atoms with Crippen molar-refractivity contribution in [3.8, 4) is 0 Å². The van der Waals surface area contributed by atoms with Crippen molar-refractivity contribution in [2.45, 2.75) is 32.9 Å². The van der Waals surface area contributed by atoms with Gasteiger partial charge in [0, 0.05) is 0 Å². The van der Waals surface area contributed by atoms with E-state index in [1.54, 1.807) is 23.3 Å². The molecular weight excluding hydrogens is 642 g/mol. The second kappa shape index (κ2) is 20.5. The summed E-state index contributed by atoms with van der Waals surface area (Å²) in [6, 6.07) is 45.8. The van der Waals surface area contributed by atoms with Crippen LogP contribution in [0.3, 0.4) is 0 Å². The van der Waals surface area contributed by atoms with E-state index in [1.807, 2.05) is 30.3 Å². The molecule has 0 saturated carbocycles. The summed E-state index contributed by atoms with van der Waals surface area (Å²) in [7, 11) is 0. The Labute approximate surface area is 267 Å². The Hall–Kier alpha value is -1.44. The molecule has 0 atom stereocenters. The van der Waals surface area contributed by atoms with E-state index in [9.17, 15) is 0 Å². The summed E-state index contributed by atoms with van der Waals surface area (Å²) in [6.07, 6.45) is 1.31. The third-order valence-corrected chi connectivity index (χ3v) is 8.44. The molecule has 0 spiro atoms. The van der Waals surface area contributed by atoms with Gasteiger partial charge in [-0.2, -0.15) is 30.3 Å². The van der Waals surface area contributed by atoms with Gasteiger partial charge in [-0.1, -0.05) is 26.0 Å². The van der Waals surface area contributed by atoms with Gasteiger partial charge in [-0.15, -0.1) is 81.2 Å². The predicted octanol–water partition coefficient (Wildman–Crippen LogP) is 3.26. The van der Waals surface area contributed by atoms with Crippen LogP contribution in [-0.4, -0.2) is 5.43 Å². The standard InChI is InChI=1S/2C10H9.C8H11Si.C5H5.2ClH.Fe.Zr/c2*1-8-6-9-4-2-3-5-10(9)7-8;1-9-7-6-8-4-2-3-5-8;1-2-4-5-3-1;;;;/h2*2-7H,1H3;2-5H,6-7H2,1H3;1-5H;2*1H;;/q4*-1;;;2*+2/p-2. The molecule has 6 aromatic rings. The summed E-state index contributed by atoms with van der Waals surface area (Å²) >= 11 is 1.77. The van der Waals surface area contributed by atoms with E-state index in [0.717, 1.165) is 0 Å². The van der Waals surface area contributed by atoms with E-state index >= 15 is 0 Å². The van der Waals surface area contributed by atoms with Crippen LogP contribution in [0.4, 0.5) is 0 Å². The molecule has 0 unspecified atom stereocenters. The quantitative estimate of drug-likeness (QED) is 0.200. The first-order valence-corrected chi connectivity index (χ1v) is 18.1. The molecule has 6 aromatic carbocycles. The van der Waals surface area contributed by atoms with E-state index in [-0.39, 0.29) is 47.3 Å². The molecule has 198 valence electrons. The zero-order chi connectivity index (χ0) is 24.9. The minimum absolute atomic E-state index is 0. The molecule has 0 aliphatic carbocycles. The number of aryl methyl sites for hydroxylation is 3. The van der Waals surface area contributed by atoms with Crippen LogP contribution in [0, 0.1) is 13.8 Å². The van der Waals surface area contributed by atoms with Crippen molar-refractivity contribution in [1.29, 1.82) is 0 Å². The number of halogens is 2. The molecule has 0 amide bonds. The van der Waals surface area contributed by atoms with E-state index in [4.69, 9.17) is 0 Å². The predicted molar refractivity (Wildman–Crippen MR) is 153 cm³/mol. The van der Waals surface area contributed by atoms with Gasteiger partial charge < -0.3 is 24.8 Å². The Morgan fingerprint density at radius 3 is 1.55 bits per heavy atom. The summed E-state index contributed by atoms with van der Waals surface area (Å²) in [5, 5.41) is 5.39. The Kier molecular flexibility index (Phi) is 19.7. The molecular formula is C33H34Cl2FeSiZr-2. The number of hydrogen-bond acceptors (Lipinski definition) is 0. The van der Waals surface area contributed by atoms with Crippen molar-refractivity contribution in [3.05, 3.63) is 144 Å². The van der Waals surface area contributed by atoms with Gasteiger partial charge in [0.2, 0.25) is 0 Å². The molecule has 0 nitrogen and oxygen atoms in total. The van der Waals surface area contributed by atoms with Crippen LogP contribution in [0.2, 0.25) is 12.6 Å². The first kappa shape index (κ1) is 36.6. The van der Waals surface area contributed by atoms with Gasteiger partial charge in [-0.25, -0.2) is 12.1 Å². The van der Waals surface area contributed by atoms with E-state index in [0.29, 0.717) is 0 Å². The van der Waals surface area contributed by atoms with E-state index in [1.165, 1.54) is 50.7 Å². The van der Waals surface area contributed by atoms with Crippen molar-refractivity contribution in [3.63, 3.8) is 0 Å². The van der Waals surface area contributed by atoms with E-state index < -0.39 is 0 Å². The van der Waals surface area contributed by atoms with Crippen LogP contribution in [0.5, 0.6) is 0 Å². The van der Waals surface area contributed by atoms with Gasteiger partial charge >= 0.3 is 94.7 Å². The zero-order valence-corrected chi connectivity index (χ0v) is 28.2. The summed E-state index contributed by atoms with van der Waals surface area (Å²) in [5.74, 6) is 0. The monoisotopic (exact) mass is 674 g/mol. The van der Waals surface area contributed by atoms with Crippen LogP contribution < -0.4 is 24.8 Å². The maximum Gasteiger partial charge on any atom is 2.00 e. The van der Waals surface area contributed by atoms with Crippen molar-refractivity contribution in [1.82, 2.24) is 0 Å². The van der Waals surface area contributed by atoms with Gasteiger partial charge in [0.1, 0.15) is 0 Å². The molecule has 6 rings (SSSR count). The molecule has 0 N–H and O–H groups in total. The Morgan fingerprint density at radius 2 is 1.18 bits per heavy atom. The Bertz CT molecular complexity index is 1240. The van der Waals surface area contributed by atoms with Crippen molar-refractivity contribution in [2.24, 2.45) is 0 Å². The summed E-state index contributed by atoms with van der Waals surface area (Å²) < 4.78 is 0. The van der Waals surface area contributed by atoms with Crippen LogP contribution >= 0.6 is 0 Å². The minimum Gasteiger partial charge on any atom is -1.00 e. The third-order valence-electron chi connectivity index (χ3n) is 5.60. The molecule has 0 fully saturated rings. The summed E-state index contributed by atoms with van der Waals surface area (Å²) in [4.78, 5) is 0.